The molecule has 0 aliphatic heterocycles. The van der Waals surface area contributed by atoms with Gasteiger partial charge in [0.1, 0.15) is 18.2 Å². The highest BCUT2D eigenvalue weighted by Gasteiger charge is 2.22. The summed E-state index contributed by atoms with van der Waals surface area (Å²) in [6.07, 6.45) is 0. The first-order valence-corrected chi connectivity index (χ1v) is 9.70. The molecule has 8 heteroatoms. The molecule has 0 amide bonds. The number of carbonyl (C=O) groups excluding carboxylic acids is 1. The minimum Gasteiger partial charge on any atom is -0.488 e. The molecule has 0 fully saturated rings. The lowest BCUT2D eigenvalue weighted by molar-refractivity contribution is 0.102. The number of methoxy groups -OCH3 is 1. The summed E-state index contributed by atoms with van der Waals surface area (Å²) >= 11 is 0. The van der Waals surface area contributed by atoms with Crippen LogP contribution in [0.25, 0.3) is 10.8 Å². The average Bonchev–Trinajstić information content (AvgIpc) is 3.19. The zero-order valence-corrected chi connectivity index (χ0v) is 17.1. The number of H-pyrrole nitrogens is 1. The number of aryl methyl sites for hydroxylation is 1. The maximum atomic E-state index is 13.4. The molecular weight excluding hydrogens is 399 g/mol. The van der Waals surface area contributed by atoms with Crippen molar-refractivity contribution >= 4 is 28.2 Å². The number of aromatic amines is 1. The first-order chi connectivity index (χ1) is 15.1. The highest BCUT2D eigenvalue weighted by molar-refractivity contribution is 6.13. The van der Waals surface area contributed by atoms with Crippen LogP contribution >= 0.6 is 0 Å². The van der Waals surface area contributed by atoms with Crippen molar-refractivity contribution in [2.75, 3.05) is 25.6 Å². The summed E-state index contributed by atoms with van der Waals surface area (Å²) in [5, 5.41) is 11.7. The molecule has 31 heavy (non-hydrogen) atoms. The molecule has 4 aromatic rings. The van der Waals surface area contributed by atoms with E-state index >= 15 is 0 Å². The van der Waals surface area contributed by atoms with Crippen molar-refractivity contribution in [1.82, 2.24) is 15.2 Å². The first kappa shape index (κ1) is 20.5. The van der Waals surface area contributed by atoms with Crippen LogP contribution < -0.4 is 10.1 Å². The number of anilines is 2. The summed E-state index contributed by atoms with van der Waals surface area (Å²) in [5.74, 6) is 0.594. The van der Waals surface area contributed by atoms with E-state index in [0.717, 1.165) is 11.1 Å². The lowest BCUT2D eigenvalue weighted by Gasteiger charge is -2.16. The summed E-state index contributed by atoms with van der Waals surface area (Å²) in [4.78, 5) is 17.9. The van der Waals surface area contributed by atoms with Crippen LogP contribution in [0.2, 0.25) is 0 Å². The third kappa shape index (κ3) is 4.39. The van der Waals surface area contributed by atoms with Crippen LogP contribution in [0.15, 0.2) is 54.6 Å². The molecule has 158 valence electrons. The van der Waals surface area contributed by atoms with E-state index in [2.05, 4.69) is 20.5 Å². The van der Waals surface area contributed by atoms with Crippen LogP contribution in [0.5, 0.6) is 5.75 Å². The molecule has 0 unspecified atom stereocenters. The monoisotopic (exact) mass is 420 g/mol. The molecule has 4 rings (SSSR count). The number of nitrogens with one attached hydrogen (secondary N) is 2. The Kier molecular flexibility index (Phi) is 5.90. The predicted molar refractivity (Wildman–Crippen MR) is 116 cm³/mol. The topological polar surface area (TPSA) is 89.1 Å². The van der Waals surface area contributed by atoms with Gasteiger partial charge >= 0.3 is 0 Å². The molecule has 0 radical (unpaired) electrons. The second-order valence-electron chi connectivity index (χ2n) is 6.92. The van der Waals surface area contributed by atoms with E-state index < -0.39 is 5.82 Å². The second kappa shape index (κ2) is 8.93. The number of ether oxygens (including phenoxy) is 2. The SMILES string of the molecule is COCCOc1c(C(=O)c2ccc(F)cc2)nc(Nc2cc(C)[nH]n2)c2ccccc12. The Balaban J connectivity index is 1.87. The van der Waals surface area contributed by atoms with Gasteiger partial charge < -0.3 is 14.8 Å². The minimum atomic E-state index is -0.421. The summed E-state index contributed by atoms with van der Waals surface area (Å²) in [6.45, 7) is 2.49. The number of carbonyl (C=O) groups is 1. The molecule has 0 atom stereocenters. The predicted octanol–water partition coefficient (Wildman–Crippen LogP) is 4.41. The standard InChI is InChI=1S/C23H21FN4O3/c1-14-13-19(28-27-14)25-23-18-6-4-3-5-17(18)22(31-12-11-30-2)20(26-23)21(29)15-7-9-16(24)10-8-15/h3-10,13H,11-12H2,1-2H3,(H2,25,26,27,28). The second-order valence-corrected chi connectivity index (χ2v) is 6.92. The fourth-order valence-electron chi connectivity index (χ4n) is 3.20. The van der Waals surface area contributed by atoms with Gasteiger partial charge in [-0.2, -0.15) is 5.10 Å². The van der Waals surface area contributed by atoms with Crippen molar-refractivity contribution in [2.24, 2.45) is 0 Å². The molecule has 0 spiro atoms. The van der Waals surface area contributed by atoms with Gasteiger partial charge in [0, 0.05) is 35.2 Å². The van der Waals surface area contributed by atoms with E-state index in [9.17, 15) is 9.18 Å². The van der Waals surface area contributed by atoms with Gasteiger partial charge in [-0.25, -0.2) is 9.37 Å². The number of rotatable bonds is 8. The number of ketones is 1. The fraction of sp³-hybridized carbons (Fsp3) is 0.174. The molecule has 2 aromatic carbocycles. The van der Waals surface area contributed by atoms with Gasteiger partial charge in [-0.1, -0.05) is 24.3 Å². The van der Waals surface area contributed by atoms with Gasteiger partial charge in [-0.05, 0) is 31.2 Å². The minimum absolute atomic E-state index is 0.121. The van der Waals surface area contributed by atoms with Crippen LogP contribution in [-0.4, -0.2) is 41.3 Å². The van der Waals surface area contributed by atoms with Crippen molar-refractivity contribution in [1.29, 1.82) is 0 Å². The number of aromatic nitrogens is 3. The smallest absolute Gasteiger partial charge is 0.215 e. The lowest BCUT2D eigenvalue weighted by Crippen LogP contribution is -2.13. The Morgan fingerprint density at radius 3 is 2.52 bits per heavy atom. The zero-order valence-electron chi connectivity index (χ0n) is 17.1. The molecule has 0 saturated carbocycles. The molecule has 0 saturated heterocycles. The van der Waals surface area contributed by atoms with Gasteiger partial charge in [-0.3, -0.25) is 9.89 Å². The van der Waals surface area contributed by atoms with Crippen LogP contribution in [0.1, 0.15) is 21.7 Å². The third-order valence-corrected chi connectivity index (χ3v) is 4.67. The number of nitrogens with zero attached hydrogens (tertiary/aromatic N) is 2. The average molecular weight is 420 g/mol. The highest BCUT2D eigenvalue weighted by atomic mass is 19.1. The van der Waals surface area contributed by atoms with Crippen molar-refractivity contribution in [3.05, 3.63) is 77.4 Å². The van der Waals surface area contributed by atoms with Crippen molar-refractivity contribution < 1.29 is 18.7 Å². The summed E-state index contributed by atoms with van der Waals surface area (Å²) in [7, 11) is 1.57. The number of halogens is 1. The molecule has 0 aliphatic rings. The Morgan fingerprint density at radius 1 is 1.10 bits per heavy atom. The summed E-state index contributed by atoms with van der Waals surface area (Å²) < 4.78 is 24.4. The molecule has 2 N–H and O–H groups in total. The number of fused-ring (bicyclic) bond motifs is 1. The van der Waals surface area contributed by atoms with Gasteiger partial charge in [0.15, 0.2) is 17.3 Å². The van der Waals surface area contributed by atoms with E-state index in [1.165, 1.54) is 24.3 Å². The number of hydrogen-bond acceptors (Lipinski definition) is 6. The van der Waals surface area contributed by atoms with Crippen LogP contribution in [0.3, 0.4) is 0 Å². The first-order valence-electron chi connectivity index (χ1n) is 9.70. The Hall–Kier alpha value is -3.78. The largest absolute Gasteiger partial charge is 0.488 e. The van der Waals surface area contributed by atoms with E-state index in [4.69, 9.17) is 9.47 Å². The Morgan fingerprint density at radius 2 is 1.84 bits per heavy atom. The quantitative estimate of drug-likeness (QED) is 0.324. The van der Waals surface area contributed by atoms with E-state index in [0.29, 0.717) is 34.9 Å². The Bertz CT molecular complexity index is 1220. The van der Waals surface area contributed by atoms with Crippen LogP contribution in [0.4, 0.5) is 16.0 Å². The number of pyridine rings is 1. The van der Waals surface area contributed by atoms with E-state index in [1.54, 1.807) is 7.11 Å². The molecule has 0 bridgehead atoms. The summed E-state index contributed by atoms with van der Waals surface area (Å²) in [5.41, 5.74) is 1.31. The van der Waals surface area contributed by atoms with Crippen molar-refractivity contribution in [3.8, 4) is 5.75 Å². The number of benzene rings is 2. The maximum Gasteiger partial charge on any atom is 0.215 e. The Labute approximate surface area is 178 Å². The normalized spacial score (nSPS) is 10.9. The zero-order chi connectivity index (χ0) is 21.8. The van der Waals surface area contributed by atoms with Crippen molar-refractivity contribution in [3.63, 3.8) is 0 Å². The molecule has 2 aromatic heterocycles. The molecule has 2 heterocycles. The van der Waals surface area contributed by atoms with Gasteiger partial charge in [0.05, 0.1) is 6.61 Å². The van der Waals surface area contributed by atoms with Crippen LogP contribution in [0, 0.1) is 12.7 Å². The van der Waals surface area contributed by atoms with Gasteiger partial charge in [-0.15, -0.1) is 0 Å². The molecule has 7 nitrogen and oxygen atoms in total. The maximum absolute atomic E-state index is 13.4. The lowest BCUT2D eigenvalue weighted by atomic mass is 10.0. The highest BCUT2D eigenvalue weighted by Crippen LogP contribution is 2.35. The molecular formula is C23H21FN4O3. The van der Waals surface area contributed by atoms with E-state index in [1.807, 2.05) is 37.3 Å². The fourth-order valence-corrected chi connectivity index (χ4v) is 3.20. The van der Waals surface area contributed by atoms with E-state index in [-0.39, 0.29) is 18.1 Å². The van der Waals surface area contributed by atoms with Crippen LogP contribution in [-0.2, 0) is 4.74 Å². The van der Waals surface area contributed by atoms with Gasteiger partial charge in [0.25, 0.3) is 0 Å². The van der Waals surface area contributed by atoms with Gasteiger partial charge in [0.2, 0.25) is 5.78 Å². The summed E-state index contributed by atoms with van der Waals surface area (Å²) in [6, 6.07) is 14.7. The third-order valence-electron chi connectivity index (χ3n) is 4.67. The van der Waals surface area contributed by atoms with Crippen molar-refractivity contribution in [2.45, 2.75) is 6.92 Å². The number of hydrogen-bond donors (Lipinski definition) is 2. The molecule has 0 aliphatic carbocycles.